The summed E-state index contributed by atoms with van der Waals surface area (Å²) in [5, 5.41) is 0.758. The van der Waals surface area contributed by atoms with Gasteiger partial charge in [0.15, 0.2) is 0 Å². The average molecular weight is 265 g/mol. The van der Waals surface area contributed by atoms with E-state index in [1.165, 1.54) is 5.56 Å². The first kappa shape index (κ1) is 12.3. The summed E-state index contributed by atoms with van der Waals surface area (Å²) in [7, 11) is 0. The smallest absolute Gasteiger partial charge is 0.138 e. The van der Waals surface area contributed by atoms with Crippen LogP contribution in [0.25, 0.3) is 0 Å². The van der Waals surface area contributed by atoms with Crippen LogP contribution in [0.1, 0.15) is 5.56 Å². The minimum Gasteiger partial charge on any atom is -0.483 e. The molecule has 3 heteroatoms. The number of hydrogen-bond donors (Lipinski definition) is 0. The third-order valence-electron chi connectivity index (χ3n) is 2.29. The van der Waals surface area contributed by atoms with E-state index in [4.69, 9.17) is 16.3 Å². The van der Waals surface area contributed by atoms with Crippen LogP contribution in [0.5, 0.6) is 5.75 Å². The van der Waals surface area contributed by atoms with Crippen molar-refractivity contribution in [1.29, 1.82) is 0 Å². The lowest BCUT2D eigenvalue weighted by Crippen LogP contribution is -1.92. The predicted molar refractivity (Wildman–Crippen MR) is 74.0 cm³/mol. The molecule has 0 heterocycles. The average Bonchev–Trinajstić information content (AvgIpc) is 2.34. The molecule has 0 amide bonds. The molecule has 2 aromatic carbocycles. The Balaban J connectivity index is 1.83. The molecule has 0 unspecified atom stereocenters. The van der Waals surface area contributed by atoms with Crippen LogP contribution in [0, 0.1) is 6.92 Å². The van der Waals surface area contributed by atoms with Gasteiger partial charge in [-0.3, -0.25) is 0 Å². The zero-order valence-electron chi connectivity index (χ0n) is 9.52. The zero-order chi connectivity index (χ0) is 12.1. The van der Waals surface area contributed by atoms with Crippen molar-refractivity contribution in [2.75, 3.05) is 5.94 Å². The van der Waals surface area contributed by atoms with Crippen LogP contribution < -0.4 is 4.74 Å². The molecule has 0 N–H and O–H groups in total. The van der Waals surface area contributed by atoms with Gasteiger partial charge < -0.3 is 4.74 Å². The van der Waals surface area contributed by atoms with Gasteiger partial charge >= 0.3 is 0 Å². The first-order chi connectivity index (χ1) is 8.24. The van der Waals surface area contributed by atoms with Gasteiger partial charge in [-0.25, -0.2) is 0 Å². The maximum atomic E-state index is 5.82. The third kappa shape index (κ3) is 3.99. The monoisotopic (exact) mass is 264 g/mol. The van der Waals surface area contributed by atoms with E-state index in [2.05, 4.69) is 6.92 Å². The summed E-state index contributed by atoms with van der Waals surface area (Å²) < 4.78 is 5.63. The first-order valence-electron chi connectivity index (χ1n) is 5.32. The van der Waals surface area contributed by atoms with Crippen LogP contribution in [0.4, 0.5) is 0 Å². The highest BCUT2D eigenvalue weighted by molar-refractivity contribution is 7.99. The summed E-state index contributed by atoms with van der Waals surface area (Å²) >= 11 is 7.46. The lowest BCUT2D eigenvalue weighted by molar-refractivity contribution is 0.393. The Morgan fingerprint density at radius 3 is 2.29 bits per heavy atom. The first-order valence-corrected chi connectivity index (χ1v) is 6.68. The molecule has 88 valence electrons. The predicted octanol–water partition coefficient (Wildman–Crippen LogP) is 4.78. The van der Waals surface area contributed by atoms with E-state index in [9.17, 15) is 0 Å². The summed E-state index contributed by atoms with van der Waals surface area (Å²) in [5.74, 6) is 1.50. The minimum absolute atomic E-state index is 0.602. The van der Waals surface area contributed by atoms with Crippen LogP contribution in [-0.4, -0.2) is 5.94 Å². The lowest BCUT2D eigenvalue weighted by atomic mass is 10.2. The van der Waals surface area contributed by atoms with Gasteiger partial charge in [-0.1, -0.05) is 41.1 Å². The van der Waals surface area contributed by atoms with Gasteiger partial charge in [0.05, 0.1) is 0 Å². The Bertz CT molecular complexity index is 419. The molecule has 17 heavy (non-hydrogen) atoms. The van der Waals surface area contributed by atoms with Gasteiger partial charge in [0.2, 0.25) is 0 Å². The van der Waals surface area contributed by atoms with E-state index in [1.807, 2.05) is 48.5 Å². The van der Waals surface area contributed by atoms with Gasteiger partial charge in [0.1, 0.15) is 11.7 Å². The molecular weight excluding hydrogens is 252 g/mol. The Hall–Kier alpha value is -1.12. The van der Waals surface area contributed by atoms with Crippen molar-refractivity contribution in [3.05, 3.63) is 59.1 Å². The van der Waals surface area contributed by atoms with E-state index < -0.39 is 0 Å². The van der Waals surface area contributed by atoms with E-state index in [0.717, 1.165) is 15.7 Å². The molecular formula is C14H13ClOS. The Kier molecular flexibility index (Phi) is 4.35. The molecule has 1 nitrogen and oxygen atoms in total. The van der Waals surface area contributed by atoms with Gasteiger partial charge in [0, 0.05) is 9.92 Å². The molecule has 0 saturated carbocycles. The molecule has 0 atom stereocenters. The van der Waals surface area contributed by atoms with Gasteiger partial charge in [-0.05, 0) is 43.3 Å². The Morgan fingerprint density at radius 2 is 1.65 bits per heavy atom. The van der Waals surface area contributed by atoms with E-state index in [0.29, 0.717) is 5.94 Å². The Labute approximate surface area is 111 Å². The molecule has 0 spiro atoms. The fraction of sp³-hybridized carbons (Fsp3) is 0.143. The quantitative estimate of drug-likeness (QED) is 0.581. The van der Waals surface area contributed by atoms with Gasteiger partial charge in [-0.2, -0.15) is 0 Å². The van der Waals surface area contributed by atoms with Crippen molar-refractivity contribution in [1.82, 2.24) is 0 Å². The number of ether oxygens (including phenoxy) is 1. The molecule has 2 aromatic rings. The zero-order valence-corrected chi connectivity index (χ0v) is 11.1. The standard InChI is InChI=1S/C14H13ClOS/c1-11-2-6-13(7-3-11)16-10-17-14-8-4-12(15)5-9-14/h2-9H,10H2,1H3. The summed E-state index contributed by atoms with van der Waals surface area (Å²) in [6, 6.07) is 15.8. The fourth-order valence-electron chi connectivity index (χ4n) is 1.33. The highest BCUT2D eigenvalue weighted by Crippen LogP contribution is 2.21. The highest BCUT2D eigenvalue weighted by atomic mass is 35.5. The molecule has 0 aliphatic carbocycles. The van der Waals surface area contributed by atoms with Gasteiger partial charge in [-0.15, -0.1) is 0 Å². The number of hydrogen-bond acceptors (Lipinski definition) is 2. The number of benzene rings is 2. The maximum Gasteiger partial charge on any atom is 0.138 e. The second kappa shape index (κ2) is 5.99. The van der Waals surface area contributed by atoms with E-state index in [1.54, 1.807) is 11.8 Å². The van der Waals surface area contributed by atoms with Crippen LogP contribution >= 0.6 is 23.4 Å². The minimum atomic E-state index is 0.602. The van der Waals surface area contributed by atoms with Crippen LogP contribution in [-0.2, 0) is 0 Å². The normalized spacial score (nSPS) is 10.2. The summed E-state index contributed by atoms with van der Waals surface area (Å²) in [4.78, 5) is 1.15. The van der Waals surface area contributed by atoms with Crippen molar-refractivity contribution >= 4 is 23.4 Å². The van der Waals surface area contributed by atoms with E-state index in [-0.39, 0.29) is 0 Å². The summed E-state index contributed by atoms with van der Waals surface area (Å²) in [5.41, 5.74) is 1.24. The van der Waals surface area contributed by atoms with Crippen molar-refractivity contribution < 1.29 is 4.74 Å². The molecule has 0 aliphatic rings. The second-order valence-corrected chi connectivity index (χ2v) is 5.11. The Morgan fingerprint density at radius 1 is 1.00 bits per heavy atom. The van der Waals surface area contributed by atoms with Crippen molar-refractivity contribution in [3.8, 4) is 5.75 Å². The van der Waals surface area contributed by atoms with Crippen molar-refractivity contribution in [2.24, 2.45) is 0 Å². The highest BCUT2D eigenvalue weighted by Gasteiger charge is 1.96. The third-order valence-corrected chi connectivity index (χ3v) is 3.38. The number of thioether (sulfide) groups is 1. The number of rotatable bonds is 4. The van der Waals surface area contributed by atoms with Gasteiger partial charge in [0.25, 0.3) is 0 Å². The molecule has 0 aliphatic heterocycles. The van der Waals surface area contributed by atoms with Crippen molar-refractivity contribution in [2.45, 2.75) is 11.8 Å². The fourth-order valence-corrected chi connectivity index (χ4v) is 2.12. The lowest BCUT2D eigenvalue weighted by Gasteiger charge is -2.06. The molecule has 0 saturated heterocycles. The van der Waals surface area contributed by atoms with Crippen LogP contribution in [0.2, 0.25) is 5.02 Å². The topological polar surface area (TPSA) is 9.23 Å². The second-order valence-electron chi connectivity index (χ2n) is 3.67. The number of halogens is 1. The summed E-state index contributed by atoms with van der Waals surface area (Å²) in [6.07, 6.45) is 0. The maximum absolute atomic E-state index is 5.82. The largest absolute Gasteiger partial charge is 0.483 e. The molecule has 2 rings (SSSR count). The molecule has 0 bridgehead atoms. The summed E-state index contributed by atoms with van der Waals surface area (Å²) in [6.45, 7) is 2.06. The molecule has 0 aromatic heterocycles. The SMILES string of the molecule is Cc1ccc(OCSc2ccc(Cl)cc2)cc1. The van der Waals surface area contributed by atoms with Crippen LogP contribution in [0.3, 0.4) is 0 Å². The van der Waals surface area contributed by atoms with Crippen LogP contribution in [0.15, 0.2) is 53.4 Å². The number of aryl methyl sites for hydroxylation is 1. The van der Waals surface area contributed by atoms with Crippen molar-refractivity contribution in [3.63, 3.8) is 0 Å². The molecule has 0 radical (unpaired) electrons. The van der Waals surface area contributed by atoms with E-state index >= 15 is 0 Å². The molecule has 0 fully saturated rings.